The van der Waals surface area contributed by atoms with E-state index < -0.39 is 17.3 Å². The molecule has 114 valence electrons. The molecule has 0 spiro atoms. The van der Waals surface area contributed by atoms with Gasteiger partial charge >= 0.3 is 5.97 Å². The fraction of sp³-hybridized carbons (Fsp3) is 0.267. The minimum absolute atomic E-state index is 0.230. The minimum Gasteiger partial charge on any atom is -0.480 e. The number of rotatable bonds is 4. The van der Waals surface area contributed by atoms with Gasteiger partial charge in [0.1, 0.15) is 0 Å². The number of carboxylic acid groups (broad SMARTS) is 1. The predicted octanol–water partition coefficient (Wildman–Crippen LogP) is 3.38. The molecule has 1 aliphatic rings. The summed E-state index contributed by atoms with van der Waals surface area (Å²) < 4.78 is 1.93. The molecule has 0 aliphatic heterocycles. The Kier molecular flexibility index (Phi) is 3.92. The molecule has 0 unspecified atom stereocenters. The van der Waals surface area contributed by atoms with Gasteiger partial charge in [-0.1, -0.05) is 23.9 Å². The number of thioether (sulfide) groups is 1. The van der Waals surface area contributed by atoms with Gasteiger partial charge in [0.2, 0.25) is 5.91 Å². The molecule has 2 N–H and O–H groups in total. The van der Waals surface area contributed by atoms with Crippen LogP contribution < -0.4 is 5.32 Å². The number of nitrogens with zero attached hydrogens (tertiary/aromatic N) is 1. The Labute approximate surface area is 135 Å². The van der Waals surface area contributed by atoms with E-state index in [1.165, 1.54) is 0 Å². The summed E-state index contributed by atoms with van der Waals surface area (Å²) in [5, 5.41) is 12.1. The summed E-state index contributed by atoms with van der Waals surface area (Å²) in [5.74, 6) is -1.56. The molecule has 22 heavy (non-hydrogen) atoms. The molecule has 0 atom stereocenters. The average Bonchev–Trinajstić information content (AvgIpc) is 3.13. The van der Waals surface area contributed by atoms with Gasteiger partial charge in [0, 0.05) is 5.69 Å². The summed E-state index contributed by atoms with van der Waals surface area (Å²) in [7, 11) is 0. The van der Waals surface area contributed by atoms with Crippen LogP contribution >= 0.6 is 23.1 Å². The summed E-state index contributed by atoms with van der Waals surface area (Å²) in [6.45, 7) is 0. The number of carbonyl (C=O) groups excluding carboxylic acids is 1. The first-order chi connectivity index (χ1) is 10.5. The number of benzene rings is 1. The van der Waals surface area contributed by atoms with Gasteiger partial charge in [-0.2, -0.15) is 0 Å². The lowest BCUT2D eigenvalue weighted by Crippen LogP contribution is -2.41. The molecule has 0 radical (unpaired) electrons. The van der Waals surface area contributed by atoms with E-state index in [2.05, 4.69) is 10.3 Å². The molecule has 0 fully saturated rings. The number of nitrogens with one attached hydrogen (secondary N) is 1. The Balaban J connectivity index is 1.86. The number of hydrogen-bond donors (Lipinski definition) is 2. The molecule has 5 nitrogen and oxygen atoms in total. The number of carboxylic acids is 1. The van der Waals surface area contributed by atoms with Crippen LogP contribution in [0.4, 0.5) is 5.69 Å². The van der Waals surface area contributed by atoms with Crippen LogP contribution in [-0.4, -0.2) is 28.2 Å². The minimum atomic E-state index is -1.38. The first-order valence-electron chi connectivity index (χ1n) is 6.69. The molecular formula is C15H14N2O3S2. The molecule has 3 rings (SSSR count). The van der Waals surface area contributed by atoms with Crippen molar-refractivity contribution in [1.29, 1.82) is 0 Å². The largest absolute Gasteiger partial charge is 0.480 e. The van der Waals surface area contributed by atoms with Crippen molar-refractivity contribution in [2.75, 3.05) is 11.6 Å². The molecular weight excluding hydrogens is 320 g/mol. The Morgan fingerprint density at radius 1 is 1.36 bits per heavy atom. The van der Waals surface area contributed by atoms with Crippen LogP contribution in [0.5, 0.6) is 0 Å². The lowest BCUT2D eigenvalue weighted by molar-refractivity contribution is -0.153. The number of hydrogen-bond acceptors (Lipinski definition) is 5. The second-order valence-electron chi connectivity index (χ2n) is 5.09. The van der Waals surface area contributed by atoms with E-state index in [1.807, 2.05) is 18.4 Å². The third kappa shape index (κ3) is 2.50. The number of thiazole rings is 1. The van der Waals surface area contributed by atoms with E-state index in [0.717, 1.165) is 14.6 Å². The van der Waals surface area contributed by atoms with Crippen molar-refractivity contribution in [3.63, 3.8) is 0 Å². The van der Waals surface area contributed by atoms with Crippen molar-refractivity contribution in [1.82, 2.24) is 4.98 Å². The zero-order valence-corrected chi connectivity index (χ0v) is 13.5. The number of carbonyl (C=O) groups is 2. The van der Waals surface area contributed by atoms with Gasteiger partial charge in [0.05, 0.1) is 10.2 Å². The predicted molar refractivity (Wildman–Crippen MR) is 88.5 cm³/mol. The molecule has 1 amide bonds. The zero-order chi connectivity index (χ0) is 15.7. The van der Waals surface area contributed by atoms with Crippen molar-refractivity contribution in [2.24, 2.45) is 5.41 Å². The van der Waals surface area contributed by atoms with Crippen LogP contribution in [0.25, 0.3) is 10.2 Å². The Morgan fingerprint density at radius 3 is 2.73 bits per heavy atom. The topological polar surface area (TPSA) is 79.3 Å². The van der Waals surface area contributed by atoms with Gasteiger partial charge in [0.25, 0.3) is 0 Å². The molecule has 1 heterocycles. The molecule has 7 heteroatoms. The molecule has 1 aliphatic carbocycles. The number of amides is 1. The van der Waals surface area contributed by atoms with E-state index in [0.29, 0.717) is 5.69 Å². The Bertz CT molecular complexity index is 774. The molecule has 1 aromatic carbocycles. The fourth-order valence-corrected chi connectivity index (χ4v) is 3.96. The standard InChI is InChI=1S/C15H14N2O3S2/c1-21-14-17-10-5-4-9(8-11(10)22-14)16-12(18)15(13(19)20)6-2-3-7-15/h2-5,8H,6-7H2,1H3,(H,16,18)(H,19,20). The van der Waals surface area contributed by atoms with Crippen LogP contribution in [0.3, 0.4) is 0 Å². The lowest BCUT2D eigenvalue weighted by atomic mass is 9.84. The second-order valence-corrected chi connectivity index (χ2v) is 7.17. The van der Waals surface area contributed by atoms with E-state index >= 15 is 0 Å². The van der Waals surface area contributed by atoms with Gasteiger partial charge in [-0.25, -0.2) is 4.98 Å². The van der Waals surface area contributed by atoms with Gasteiger partial charge in [-0.3, -0.25) is 9.59 Å². The maximum Gasteiger partial charge on any atom is 0.319 e. The van der Waals surface area contributed by atoms with Gasteiger partial charge in [0.15, 0.2) is 9.75 Å². The zero-order valence-electron chi connectivity index (χ0n) is 11.8. The molecule has 2 aromatic rings. The van der Waals surface area contributed by atoms with Gasteiger partial charge in [-0.05, 0) is 37.3 Å². The summed E-state index contributed by atoms with van der Waals surface area (Å²) in [6.07, 6.45) is 5.90. The number of aliphatic carboxylic acids is 1. The van der Waals surface area contributed by atoms with Crippen LogP contribution in [0, 0.1) is 5.41 Å². The quantitative estimate of drug-likeness (QED) is 0.509. The van der Waals surface area contributed by atoms with Crippen LogP contribution in [0.1, 0.15) is 12.8 Å². The molecule has 0 saturated carbocycles. The van der Waals surface area contributed by atoms with Crippen LogP contribution in [0.15, 0.2) is 34.7 Å². The summed E-state index contributed by atoms with van der Waals surface area (Å²) in [5.41, 5.74) is 0.0942. The number of fused-ring (bicyclic) bond motifs is 1. The summed E-state index contributed by atoms with van der Waals surface area (Å²) >= 11 is 3.12. The van der Waals surface area contributed by atoms with Crippen molar-refractivity contribution < 1.29 is 14.7 Å². The van der Waals surface area contributed by atoms with Crippen molar-refractivity contribution in [2.45, 2.75) is 17.2 Å². The number of allylic oxidation sites excluding steroid dienone is 2. The van der Waals surface area contributed by atoms with Crippen LogP contribution in [-0.2, 0) is 9.59 Å². The average molecular weight is 334 g/mol. The SMILES string of the molecule is CSc1nc2ccc(NC(=O)C3(C(=O)O)CC=CC3)cc2s1. The van der Waals surface area contributed by atoms with Crippen molar-refractivity contribution >= 4 is 50.9 Å². The van der Waals surface area contributed by atoms with Crippen molar-refractivity contribution in [3.8, 4) is 0 Å². The Morgan fingerprint density at radius 2 is 2.09 bits per heavy atom. The third-order valence-corrected chi connectivity index (χ3v) is 5.75. The summed E-state index contributed by atoms with van der Waals surface area (Å²) in [6, 6.07) is 5.42. The van der Waals surface area contributed by atoms with Gasteiger partial charge in [-0.15, -0.1) is 11.3 Å². The van der Waals surface area contributed by atoms with E-state index in [9.17, 15) is 14.7 Å². The summed E-state index contributed by atoms with van der Waals surface area (Å²) in [4.78, 5) is 28.4. The van der Waals surface area contributed by atoms with E-state index in [-0.39, 0.29) is 12.8 Å². The van der Waals surface area contributed by atoms with E-state index in [4.69, 9.17) is 0 Å². The van der Waals surface area contributed by atoms with Crippen molar-refractivity contribution in [3.05, 3.63) is 30.4 Å². The monoisotopic (exact) mass is 334 g/mol. The highest BCUT2D eigenvalue weighted by atomic mass is 32.2. The first kappa shape index (κ1) is 15.1. The molecule has 1 aromatic heterocycles. The highest BCUT2D eigenvalue weighted by Crippen LogP contribution is 2.36. The lowest BCUT2D eigenvalue weighted by Gasteiger charge is -2.22. The van der Waals surface area contributed by atoms with Crippen LogP contribution in [0.2, 0.25) is 0 Å². The normalized spacial score (nSPS) is 16.0. The first-order valence-corrected chi connectivity index (χ1v) is 8.74. The smallest absolute Gasteiger partial charge is 0.319 e. The number of aromatic nitrogens is 1. The molecule has 0 bridgehead atoms. The van der Waals surface area contributed by atoms with E-state index in [1.54, 1.807) is 41.3 Å². The highest BCUT2D eigenvalue weighted by molar-refractivity contribution is 8.00. The number of anilines is 1. The fourth-order valence-electron chi connectivity index (χ4n) is 2.43. The van der Waals surface area contributed by atoms with Gasteiger partial charge < -0.3 is 10.4 Å². The molecule has 0 saturated heterocycles. The Hall–Kier alpha value is -1.86. The third-order valence-electron chi connectivity index (χ3n) is 3.74. The maximum atomic E-state index is 12.4. The second kappa shape index (κ2) is 5.73. The highest BCUT2D eigenvalue weighted by Gasteiger charge is 2.46. The maximum absolute atomic E-state index is 12.4.